The lowest BCUT2D eigenvalue weighted by Gasteiger charge is -2.05. The first-order chi connectivity index (χ1) is 8.43. The molecule has 1 aromatic rings. The number of carbonyl (C=O) groups is 2. The first-order valence-electron chi connectivity index (χ1n) is 4.81. The Labute approximate surface area is 101 Å². The summed E-state index contributed by atoms with van der Waals surface area (Å²) >= 11 is 0. The van der Waals surface area contributed by atoms with E-state index in [-0.39, 0.29) is 11.3 Å². The molecule has 0 saturated carbocycles. The number of hydroxylamine groups is 1. The Bertz CT molecular complexity index is 499. The molecule has 0 aliphatic carbocycles. The number of benzene rings is 1. The fourth-order valence-corrected chi connectivity index (χ4v) is 1.30. The minimum atomic E-state index is -1.27. The Morgan fingerprint density at radius 1 is 1.50 bits per heavy atom. The smallest absolute Gasteiger partial charge is 0.332 e. The molecule has 0 heterocycles. The molecule has 0 atom stereocenters. The molecule has 8 nitrogen and oxygen atoms in total. The number of aryl methyl sites for hydroxylation is 1. The highest BCUT2D eigenvalue weighted by Gasteiger charge is 2.22. The molecule has 0 unspecified atom stereocenters. The van der Waals surface area contributed by atoms with E-state index in [2.05, 4.69) is 4.84 Å². The van der Waals surface area contributed by atoms with Crippen LogP contribution >= 0.6 is 0 Å². The third kappa shape index (κ3) is 3.25. The maximum absolute atomic E-state index is 11.6. The monoisotopic (exact) mass is 254 g/mol. The van der Waals surface area contributed by atoms with Crippen molar-refractivity contribution in [2.45, 2.75) is 6.92 Å². The van der Waals surface area contributed by atoms with Crippen LogP contribution in [0.25, 0.3) is 0 Å². The maximum Gasteiger partial charge on any atom is 0.332 e. The van der Waals surface area contributed by atoms with Gasteiger partial charge in [0.05, 0.1) is 4.92 Å². The van der Waals surface area contributed by atoms with Gasteiger partial charge in [-0.3, -0.25) is 19.7 Å². The van der Waals surface area contributed by atoms with Crippen molar-refractivity contribution in [1.82, 2.24) is 5.48 Å². The number of amides is 1. The molecule has 0 aliphatic heterocycles. The summed E-state index contributed by atoms with van der Waals surface area (Å²) in [7, 11) is 0. The maximum atomic E-state index is 11.6. The van der Waals surface area contributed by atoms with Gasteiger partial charge in [0.1, 0.15) is 5.56 Å². The SMILES string of the molecule is Cc1cccc(C(=O)NOCC(=O)O)c1[N+](=O)[O-]. The molecule has 0 spiro atoms. The highest BCUT2D eigenvalue weighted by molar-refractivity contribution is 5.98. The van der Waals surface area contributed by atoms with Crippen molar-refractivity contribution in [2.24, 2.45) is 0 Å². The quantitative estimate of drug-likeness (QED) is 0.588. The Balaban J connectivity index is 2.89. The number of carboxylic acid groups (broad SMARTS) is 1. The summed E-state index contributed by atoms with van der Waals surface area (Å²) in [6, 6.07) is 4.23. The van der Waals surface area contributed by atoms with E-state index in [1.165, 1.54) is 25.1 Å². The molecule has 0 saturated heterocycles. The Morgan fingerprint density at radius 3 is 2.72 bits per heavy atom. The van der Waals surface area contributed by atoms with Gasteiger partial charge in [-0.05, 0) is 13.0 Å². The molecule has 1 amide bonds. The van der Waals surface area contributed by atoms with Crippen molar-refractivity contribution in [2.75, 3.05) is 6.61 Å². The fourth-order valence-electron chi connectivity index (χ4n) is 1.30. The molecule has 96 valence electrons. The predicted molar refractivity (Wildman–Crippen MR) is 58.9 cm³/mol. The van der Waals surface area contributed by atoms with Crippen LogP contribution in [0.5, 0.6) is 0 Å². The summed E-state index contributed by atoms with van der Waals surface area (Å²) in [5, 5.41) is 19.1. The van der Waals surface area contributed by atoms with Crippen LogP contribution in [-0.4, -0.2) is 28.5 Å². The molecule has 1 aromatic carbocycles. The van der Waals surface area contributed by atoms with Gasteiger partial charge in [0.2, 0.25) is 0 Å². The lowest BCUT2D eigenvalue weighted by Crippen LogP contribution is -2.27. The normalized spacial score (nSPS) is 9.83. The van der Waals surface area contributed by atoms with Crippen molar-refractivity contribution in [3.63, 3.8) is 0 Å². The van der Waals surface area contributed by atoms with E-state index in [4.69, 9.17) is 5.11 Å². The van der Waals surface area contributed by atoms with Gasteiger partial charge in [0.25, 0.3) is 11.6 Å². The van der Waals surface area contributed by atoms with Crippen LogP contribution in [0, 0.1) is 17.0 Å². The number of hydrogen-bond acceptors (Lipinski definition) is 5. The Morgan fingerprint density at radius 2 is 2.17 bits per heavy atom. The fraction of sp³-hybridized carbons (Fsp3) is 0.200. The Hall–Kier alpha value is -2.48. The number of carboxylic acids is 1. The number of hydrogen-bond donors (Lipinski definition) is 2. The van der Waals surface area contributed by atoms with Crippen molar-refractivity contribution in [3.05, 3.63) is 39.4 Å². The van der Waals surface area contributed by atoms with Crippen LogP contribution in [0.15, 0.2) is 18.2 Å². The number of nitrogens with one attached hydrogen (secondary N) is 1. The topological polar surface area (TPSA) is 119 Å². The van der Waals surface area contributed by atoms with Crippen molar-refractivity contribution >= 4 is 17.6 Å². The molecule has 18 heavy (non-hydrogen) atoms. The molecule has 0 fully saturated rings. The van der Waals surface area contributed by atoms with E-state index < -0.39 is 23.4 Å². The van der Waals surface area contributed by atoms with Gasteiger partial charge in [-0.15, -0.1) is 0 Å². The van der Waals surface area contributed by atoms with Crippen molar-refractivity contribution in [1.29, 1.82) is 0 Å². The third-order valence-electron chi connectivity index (χ3n) is 2.03. The van der Waals surface area contributed by atoms with Gasteiger partial charge in [0.15, 0.2) is 6.61 Å². The average molecular weight is 254 g/mol. The highest BCUT2D eigenvalue weighted by Crippen LogP contribution is 2.22. The van der Waals surface area contributed by atoms with Crippen LogP contribution in [0.4, 0.5) is 5.69 Å². The van der Waals surface area contributed by atoms with E-state index in [0.717, 1.165) is 0 Å². The summed E-state index contributed by atoms with van der Waals surface area (Å²) in [6.45, 7) is 0.762. The van der Waals surface area contributed by atoms with E-state index >= 15 is 0 Å². The number of carbonyl (C=O) groups excluding carboxylic acids is 1. The standard InChI is InChI=1S/C10H10N2O6/c1-6-3-2-4-7(9(6)12(16)17)10(15)11-18-5-8(13)14/h2-4H,5H2,1H3,(H,11,15)(H,13,14). The van der Waals surface area contributed by atoms with Gasteiger partial charge in [0, 0.05) is 5.56 Å². The summed E-state index contributed by atoms with van der Waals surface area (Å²) in [6.07, 6.45) is 0. The van der Waals surface area contributed by atoms with Crippen LogP contribution in [0.3, 0.4) is 0 Å². The van der Waals surface area contributed by atoms with Crippen LogP contribution in [0.1, 0.15) is 15.9 Å². The number of aliphatic carboxylic acids is 1. The summed E-state index contributed by atoms with van der Waals surface area (Å²) in [4.78, 5) is 36.2. The highest BCUT2D eigenvalue weighted by atomic mass is 16.7. The zero-order chi connectivity index (χ0) is 13.7. The summed E-state index contributed by atoms with van der Waals surface area (Å²) < 4.78 is 0. The third-order valence-corrected chi connectivity index (χ3v) is 2.03. The van der Waals surface area contributed by atoms with Crippen LogP contribution in [0.2, 0.25) is 0 Å². The molecular formula is C10H10N2O6. The van der Waals surface area contributed by atoms with Gasteiger partial charge in [-0.1, -0.05) is 12.1 Å². The van der Waals surface area contributed by atoms with Crippen molar-refractivity contribution in [3.8, 4) is 0 Å². The van der Waals surface area contributed by atoms with Crippen LogP contribution < -0.4 is 5.48 Å². The van der Waals surface area contributed by atoms with E-state index in [0.29, 0.717) is 5.56 Å². The van der Waals surface area contributed by atoms with Gasteiger partial charge in [-0.2, -0.15) is 0 Å². The first kappa shape index (κ1) is 13.6. The second-order valence-corrected chi connectivity index (χ2v) is 3.34. The predicted octanol–water partition coefficient (Wildman–Crippen LogP) is 0.649. The lowest BCUT2D eigenvalue weighted by molar-refractivity contribution is -0.385. The zero-order valence-electron chi connectivity index (χ0n) is 9.37. The van der Waals surface area contributed by atoms with Gasteiger partial charge >= 0.3 is 5.97 Å². The van der Waals surface area contributed by atoms with E-state index in [9.17, 15) is 19.7 Å². The Kier molecular flexibility index (Phi) is 4.33. The molecule has 0 bridgehead atoms. The average Bonchev–Trinajstić information content (AvgIpc) is 2.27. The first-order valence-corrected chi connectivity index (χ1v) is 4.81. The minimum Gasteiger partial charge on any atom is -0.479 e. The summed E-state index contributed by atoms with van der Waals surface area (Å²) in [5.74, 6) is -2.14. The molecule has 0 aromatic heterocycles. The second kappa shape index (κ2) is 5.73. The number of nitrogens with zero attached hydrogens (tertiary/aromatic N) is 1. The van der Waals surface area contributed by atoms with Crippen molar-refractivity contribution < 1.29 is 24.5 Å². The molecule has 8 heteroatoms. The van der Waals surface area contributed by atoms with E-state index in [1.54, 1.807) is 0 Å². The number of nitro groups is 1. The number of para-hydroxylation sites is 1. The molecule has 0 radical (unpaired) electrons. The number of rotatable bonds is 5. The molecule has 2 N–H and O–H groups in total. The van der Waals surface area contributed by atoms with Crippen LogP contribution in [-0.2, 0) is 9.63 Å². The van der Waals surface area contributed by atoms with E-state index in [1.807, 2.05) is 5.48 Å². The zero-order valence-corrected chi connectivity index (χ0v) is 9.37. The molecule has 1 rings (SSSR count). The molecule has 0 aliphatic rings. The number of nitro benzene ring substituents is 1. The summed E-state index contributed by atoms with van der Waals surface area (Å²) in [5.41, 5.74) is 1.63. The largest absolute Gasteiger partial charge is 0.479 e. The molecular weight excluding hydrogens is 244 g/mol. The van der Waals surface area contributed by atoms with Gasteiger partial charge in [-0.25, -0.2) is 10.3 Å². The lowest BCUT2D eigenvalue weighted by atomic mass is 10.1. The van der Waals surface area contributed by atoms with Gasteiger partial charge < -0.3 is 5.11 Å². The second-order valence-electron chi connectivity index (χ2n) is 3.34. The minimum absolute atomic E-state index is 0.189.